The Morgan fingerprint density at radius 3 is 2.41 bits per heavy atom. The first-order valence-electron chi connectivity index (χ1n) is 15.1. The standard InChI is InChI=1S/C30H40BrN3O9S/c31-20-12-14-23(15-13-20)44(40,41)43-22-17-26(27(32)35)34(18-22)28(36)25(33-30(39)42-21-9-6-7-10-21)11-5-3-1-2-4-8-19-16-24(19)29(37)38/h4,8,12-15,19,21-22,24-26H,1-3,5-7,9-11,16-18H2,(H2,32,35)(H,33,39)(H,37,38)/b8-4-/t19-,22+,24?,25+,26+/m1/s1. The predicted octanol–water partition coefficient (Wildman–Crippen LogP) is 3.87. The molecule has 0 bridgehead atoms. The monoisotopic (exact) mass is 697 g/mol. The van der Waals surface area contributed by atoms with E-state index in [4.69, 9.17) is 19.8 Å². The molecule has 0 spiro atoms. The van der Waals surface area contributed by atoms with Crippen molar-refractivity contribution in [1.82, 2.24) is 10.2 Å². The maximum atomic E-state index is 13.8. The average Bonchev–Trinajstić information content (AvgIpc) is 3.34. The first kappa shape index (κ1) is 33.9. The van der Waals surface area contributed by atoms with Crippen molar-refractivity contribution in [2.75, 3.05) is 6.54 Å². The molecule has 44 heavy (non-hydrogen) atoms. The number of halogens is 1. The number of nitrogens with one attached hydrogen (secondary N) is 1. The normalized spacial score (nSPS) is 24.3. The van der Waals surface area contributed by atoms with Gasteiger partial charge in [-0.25, -0.2) is 4.79 Å². The van der Waals surface area contributed by atoms with E-state index >= 15 is 0 Å². The summed E-state index contributed by atoms with van der Waals surface area (Å²) in [5, 5.41) is 11.7. The van der Waals surface area contributed by atoms with Crippen LogP contribution in [0.3, 0.4) is 0 Å². The van der Waals surface area contributed by atoms with Crippen LogP contribution in [-0.4, -0.2) is 73.1 Å². The highest BCUT2D eigenvalue weighted by Gasteiger charge is 2.44. The molecule has 5 atom stereocenters. The molecular weight excluding hydrogens is 658 g/mol. The molecule has 12 nitrogen and oxygen atoms in total. The number of alkyl carbamates (subject to hydrolysis) is 1. The van der Waals surface area contributed by atoms with Gasteiger partial charge in [0, 0.05) is 17.4 Å². The van der Waals surface area contributed by atoms with Gasteiger partial charge in [-0.15, -0.1) is 0 Å². The molecule has 0 aromatic heterocycles. The molecule has 4 N–H and O–H groups in total. The van der Waals surface area contributed by atoms with Gasteiger partial charge in [0.2, 0.25) is 11.8 Å². The highest BCUT2D eigenvalue weighted by molar-refractivity contribution is 9.10. The van der Waals surface area contributed by atoms with Crippen molar-refractivity contribution in [2.24, 2.45) is 17.6 Å². The summed E-state index contributed by atoms with van der Waals surface area (Å²) in [5.41, 5.74) is 5.61. The number of aliphatic carboxylic acids is 1. The lowest BCUT2D eigenvalue weighted by atomic mass is 10.0. The third-order valence-electron chi connectivity index (χ3n) is 8.31. The minimum atomic E-state index is -4.18. The van der Waals surface area contributed by atoms with Gasteiger partial charge < -0.3 is 25.8 Å². The molecule has 3 amide bonds. The number of allylic oxidation sites excluding steroid dienone is 2. The maximum absolute atomic E-state index is 13.8. The summed E-state index contributed by atoms with van der Waals surface area (Å²) in [6.07, 6.45) is 9.19. The van der Waals surface area contributed by atoms with Gasteiger partial charge in [-0.2, -0.15) is 8.42 Å². The van der Waals surface area contributed by atoms with Crippen LogP contribution in [0.15, 0.2) is 45.8 Å². The van der Waals surface area contributed by atoms with Gasteiger partial charge in [0.25, 0.3) is 10.1 Å². The van der Waals surface area contributed by atoms with Crippen LogP contribution in [0.25, 0.3) is 0 Å². The molecule has 1 aliphatic heterocycles. The van der Waals surface area contributed by atoms with Crippen molar-refractivity contribution < 1.29 is 41.6 Å². The van der Waals surface area contributed by atoms with E-state index in [1.54, 1.807) is 12.1 Å². The smallest absolute Gasteiger partial charge is 0.408 e. The fourth-order valence-electron chi connectivity index (χ4n) is 5.78. The van der Waals surface area contributed by atoms with Crippen LogP contribution in [0, 0.1) is 11.8 Å². The molecule has 4 rings (SSSR count). The number of likely N-dealkylation sites (tertiary alicyclic amines) is 1. The SMILES string of the molecule is NC(=O)[C@@H]1C[C@H](OS(=O)(=O)c2ccc(Br)cc2)CN1C(=O)[C@H](CCCCC/C=C\[C@@H]1CC1C(=O)O)NC(=O)OC1CCCC1. The number of hydrogen-bond acceptors (Lipinski definition) is 8. The number of unbranched alkanes of at least 4 members (excludes halogenated alkanes) is 3. The van der Waals surface area contributed by atoms with Crippen molar-refractivity contribution in [2.45, 2.75) is 99.8 Å². The maximum Gasteiger partial charge on any atom is 0.408 e. The number of carboxylic acid groups (broad SMARTS) is 1. The average molecular weight is 699 g/mol. The van der Waals surface area contributed by atoms with Crippen molar-refractivity contribution in [1.29, 1.82) is 0 Å². The van der Waals surface area contributed by atoms with Gasteiger partial charge in [0.1, 0.15) is 18.2 Å². The topological polar surface area (TPSA) is 182 Å². The predicted molar refractivity (Wildman–Crippen MR) is 163 cm³/mol. The van der Waals surface area contributed by atoms with E-state index in [1.807, 2.05) is 12.2 Å². The van der Waals surface area contributed by atoms with Gasteiger partial charge in [-0.3, -0.25) is 18.6 Å². The van der Waals surface area contributed by atoms with E-state index in [-0.39, 0.29) is 42.2 Å². The second-order valence-electron chi connectivity index (χ2n) is 11.7. The first-order valence-corrected chi connectivity index (χ1v) is 17.3. The third-order valence-corrected chi connectivity index (χ3v) is 10.2. The zero-order chi connectivity index (χ0) is 31.9. The molecular formula is C30H40BrN3O9S. The molecule has 3 aliphatic rings. The number of benzene rings is 1. The zero-order valence-electron chi connectivity index (χ0n) is 24.4. The fourth-order valence-corrected chi connectivity index (χ4v) is 7.12. The van der Waals surface area contributed by atoms with E-state index in [0.717, 1.165) is 44.9 Å². The Labute approximate surface area is 266 Å². The van der Waals surface area contributed by atoms with Crippen LogP contribution in [-0.2, 0) is 33.4 Å². The van der Waals surface area contributed by atoms with Crippen molar-refractivity contribution in [3.05, 3.63) is 40.9 Å². The summed E-state index contributed by atoms with van der Waals surface area (Å²) < 4.78 is 37.4. The highest BCUT2D eigenvalue weighted by Crippen LogP contribution is 2.39. The Morgan fingerprint density at radius 2 is 1.77 bits per heavy atom. The molecule has 1 aromatic rings. The molecule has 1 saturated heterocycles. The number of ether oxygens (including phenoxy) is 1. The van der Waals surface area contributed by atoms with Crippen LogP contribution >= 0.6 is 15.9 Å². The molecule has 2 aliphatic carbocycles. The van der Waals surface area contributed by atoms with Crippen LogP contribution in [0.4, 0.5) is 4.79 Å². The lowest BCUT2D eigenvalue weighted by Crippen LogP contribution is -2.53. The van der Waals surface area contributed by atoms with E-state index in [9.17, 15) is 27.6 Å². The molecule has 0 radical (unpaired) electrons. The quantitative estimate of drug-likeness (QED) is 0.139. The summed E-state index contributed by atoms with van der Waals surface area (Å²) in [7, 11) is -4.18. The lowest BCUT2D eigenvalue weighted by molar-refractivity contribution is -0.139. The van der Waals surface area contributed by atoms with Crippen molar-refractivity contribution in [3.63, 3.8) is 0 Å². The number of amides is 3. The summed E-state index contributed by atoms with van der Waals surface area (Å²) in [4.78, 5) is 51.0. The van der Waals surface area contributed by atoms with Gasteiger partial charge in [-0.1, -0.05) is 40.9 Å². The minimum absolute atomic E-state index is 0.0658. The van der Waals surface area contributed by atoms with Gasteiger partial charge in [-0.05, 0) is 81.5 Å². The lowest BCUT2D eigenvalue weighted by Gasteiger charge is -2.28. The van der Waals surface area contributed by atoms with E-state index in [2.05, 4.69) is 21.2 Å². The van der Waals surface area contributed by atoms with E-state index in [0.29, 0.717) is 17.3 Å². The number of carbonyl (C=O) groups excluding carboxylic acids is 3. The molecule has 1 unspecified atom stereocenters. The summed E-state index contributed by atoms with van der Waals surface area (Å²) in [6.45, 7) is -0.193. The largest absolute Gasteiger partial charge is 0.481 e. The molecule has 14 heteroatoms. The van der Waals surface area contributed by atoms with Crippen molar-refractivity contribution in [3.8, 4) is 0 Å². The molecule has 1 heterocycles. The van der Waals surface area contributed by atoms with Crippen molar-refractivity contribution >= 4 is 49.9 Å². The second kappa shape index (κ2) is 15.3. The number of carbonyl (C=O) groups is 4. The van der Waals surface area contributed by atoms with E-state index in [1.165, 1.54) is 17.0 Å². The number of nitrogens with two attached hydrogens (primary N) is 1. The Balaban J connectivity index is 1.36. The number of nitrogens with zero attached hydrogens (tertiary/aromatic N) is 1. The summed E-state index contributed by atoms with van der Waals surface area (Å²) in [6, 6.07) is 3.77. The molecule has 3 fully saturated rings. The fraction of sp³-hybridized carbons (Fsp3) is 0.600. The first-order chi connectivity index (χ1) is 20.9. The number of hydrogen-bond donors (Lipinski definition) is 3. The van der Waals surface area contributed by atoms with Gasteiger partial charge in [0.15, 0.2) is 0 Å². The van der Waals surface area contributed by atoms with Gasteiger partial charge in [0.05, 0.1) is 16.9 Å². The van der Waals surface area contributed by atoms with Crippen LogP contribution in [0.1, 0.15) is 70.6 Å². The number of carboxylic acids is 1. The zero-order valence-corrected chi connectivity index (χ0v) is 26.8. The Hall–Kier alpha value is -2.97. The summed E-state index contributed by atoms with van der Waals surface area (Å²) in [5.74, 6) is -2.31. The third kappa shape index (κ3) is 9.51. The van der Waals surface area contributed by atoms with Crippen LogP contribution in [0.2, 0.25) is 0 Å². The Bertz CT molecular complexity index is 1330. The molecule has 242 valence electrons. The highest BCUT2D eigenvalue weighted by atomic mass is 79.9. The summed E-state index contributed by atoms with van der Waals surface area (Å²) >= 11 is 3.26. The molecule has 2 saturated carbocycles. The van der Waals surface area contributed by atoms with Gasteiger partial charge >= 0.3 is 12.1 Å². The number of rotatable bonds is 15. The Kier molecular flexibility index (Phi) is 11.8. The number of primary amides is 1. The van der Waals surface area contributed by atoms with Crippen LogP contribution in [0.5, 0.6) is 0 Å². The molecule has 1 aromatic carbocycles. The minimum Gasteiger partial charge on any atom is -0.481 e. The second-order valence-corrected chi connectivity index (χ2v) is 14.2. The van der Waals surface area contributed by atoms with E-state index < -0.39 is 52.2 Å². The van der Waals surface area contributed by atoms with Crippen LogP contribution < -0.4 is 11.1 Å². The Morgan fingerprint density at radius 1 is 1.07 bits per heavy atom.